The number of benzene rings is 2. The number of non-ortho nitro benzene ring substituents is 1. The number of urea groups is 1. The predicted molar refractivity (Wildman–Crippen MR) is 88.3 cm³/mol. The van der Waals surface area contributed by atoms with Gasteiger partial charge in [-0.05, 0) is 36.4 Å². The summed E-state index contributed by atoms with van der Waals surface area (Å²) in [4.78, 5) is 25.6. The number of hydrogen-bond acceptors (Lipinski definition) is 4. The average molecular weight is 315 g/mol. The second-order valence-corrected chi connectivity index (χ2v) is 4.87. The summed E-state index contributed by atoms with van der Waals surface area (Å²) >= 11 is 0. The lowest BCUT2D eigenvalue weighted by atomic mass is 10.2. The van der Waals surface area contributed by atoms with Crippen molar-refractivity contribution in [3.05, 3.63) is 58.6 Å². The molecular formula is C16H17N3O4. The Morgan fingerprint density at radius 2 is 1.39 bits per heavy atom. The van der Waals surface area contributed by atoms with Crippen LogP contribution in [0.4, 0.5) is 21.9 Å². The molecular weight excluding hydrogens is 298 g/mol. The Bertz CT molecular complexity index is 698. The van der Waals surface area contributed by atoms with E-state index in [1.807, 2.05) is 0 Å². The first kappa shape index (κ1) is 16.3. The van der Waals surface area contributed by atoms with Gasteiger partial charge < -0.3 is 4.74 Å². The zero-order chi connectivity index (χ0) is 17.0. The van der Waals surface area contributed by atoms with Crippen molar-refractivity contribution in [3.63, 3.8) is 0 Å². The van der Waals surface area contributed by atoms with Gasteiger partial charge in [-0.15, -0.1) is 0 Å². The lowest BCUT2D eigenvalue weighted by molar-refractivity contribution is -0.384. The molecule has 7 heteroatoms. The van der Waals surface area contributed by atoms with E-state index in [2.05, 4.69) is 0 Å². The van der Waals surface area contributed by atoms with Gasteiger partial charge >= 0.3 is 6.03 Å². The Hall–Kier alpha value is -3.09. The van der Waals surface area contributed by atoms with E-state index in [1.54, 1.807) is 45.5 Å². The molecule has 0 unspecified atom stereocenters. The highest BCUT2D eigenvalue weighted by Crippen LogP contribution is 2.22. The van der Waals surface area contributed by atoms with E-state index in [4.69, 9.17) is 4.74 Å². The van der Waals surface area contributed by atoms with Crippen LogP contribution in [0.1, 0.15) is 0 Å². The number of rotatable bonds is 4. The molecule has 0 fully saturated rings. The first-order valence-electron chi connectivity index (χ1n) is 6.84. The van der Waals surface area contributed by atoms with Gasteiger partial charge in [0.1, 0.15) is 5.75 Å². The molecule has 0 saturated heterocycles. The highest BCUT2D eigenvalue weighted by Gasteiger charge is 2.18. The zero-order valence-corrected chi connectivity index (χ0v) is 13.1. The van der Waals surface area contributed by atoms with Crippen LogP contribution in [0.3, 0.4) is 0 Å². The maximum Gasteiger partial charge on any atom is 0.328 e. The fourth-order valence-electron chi connectivity index (χ4n) is 2.05. The number of nitrogens with zero attached hydrogens (tertiary/aromatic N) is 3. The lowest BCUT2D eigenvalue weighted by Gasteiger charge is -2.25. The summed E-state index contributed by atoms with van der Waals surface area (Å²) in [5.41, 5.74) is 1.27. The molecule has 0 bridgehead atoms. The molecule has 0 aliphatic carbocycles. The van der Waals surface area contributed by atoms with Crippen molar-refractivity contribution >= 4 is 23.1 Å². The molecule has 2 aromatic rings. The van der Waals surface area contributed by atoms with E-state index < -0.39 is 4.92 Å². The summed E-state index contributed by atoms with van der Waals surface area (Å²) in [6.07, 6.45) is 0. The Balaban J connectivity index is 2.15. The first-order chi connectivity index (χ1) is 10.9. The minimum atomic E-state index is -0.477. The van der Waals surface area contributed by atoms with Crippen LogP contribution < -0.4 is 14.5 Å². The number of methoxy groups -OCH3 is 1. The number of anilines is 2. The molecule has 0 aromatic heterocycles. The molecule has 0 heterocycles. The van der Waals surface area contributed by atoms with Crippen molar-refractivity contribution in [2.75, 3.05) is 31.0 Å². The van der Waals surface area contributed by atoms with Crippen molar-refractivity contribution in [1.29, 1.82) is 0 Å². The van der Waals surface area contributed by atoms with Crippen molar-refractivity contribution < 1.29 is 14.5 Å². The molecule has 2 rings (SSSR count). The Labute approximate surface area is 133 Å². The fourth-order valence-corrected chi connectivity index (χ4v) is 2.05. The van der Waals surface area contributed by atoms with Crippen LogP contribution in [0.2, 0.25) is 0 Å². The first-order valence-corrected chi connectivity index (χ1v) is 6.84. The number of ether oxygens (including phenoxy) is 1. The number of hydrogen-bond donors (Lipinski definition) is 0. The van der Waals surface area contributed by atoms with Crippen molar-refractivity contribution in [2.45, 2.75) is 0 Å². The molecule has 2 amide bonds. The molecule has 0 aliphatic heterocycles. The number of carbonyl (C=O) groups excluding carboxylic acids is 1. The standard InChI is InChI=1S/C16H17N3O4/c1-17(12-4-6-14(7-5-12)19(21)22)16(20)18(2)13-8-10-15(23-3)11-9-13/h4-11H,1-3H3. The van der Waals surface area contributed by atoms with Crippen LogP contribution in [0.15, 0.2) is 48.5 Å². The van der Waals surface area contributed by atoms with E-state index >= 15 is 0 Å². The molecule has 0 N–H and O–H groups in total. The Morgan fingerprint density at radius 3 is 1.78 bits per heavy atom. The van der Waals surface area contributed by atoms with Crippen molar-refractivity contribution in [3.8, 4) is 5.75 Å². The smallest absolute Gasteiger partial charge is 0.328 e. The van der Waals surface area contributed by atoms with Gasteiger partial charge in [0.25, 0.3) is 5.69 Å². The molecule has 0 saturated carbocycles. The molecule has 0 atom stereocenters. The van der Waals surface area contributed by atoms with E-state index in [1.165, 1.54) is 34.1 Å². The molecule has 0 spiro atoms. The molecule has 120 valence electrons. The Morgan fingerprint density at radius 1 is 0.957 bits per heavy atom. The summed E-state index contributed by atoms with van der Waals surface area (Å²) < 4.78 is 5.09. The monoisotopic (exact) mass is 315 g/mol. The minimum absolute atomic E-state index is 0.0156. The third-order valence-electron chi connectivity index (χ3n) is 3.48. The summed E-state index contributed by atoms with van der Waals surface area (Å²) in [5.74, 6) is 0.707. The SMILES string of the molecule is COc1ccc(N(C)C(=O)N(C)c2ccc([N+](=O)[O-])cc2)cc1. The second kappa shape index (κ2) is 6.78. The maximum absolute atomic E-state index is 12.5. The average Bonchev–Trinajstić information content (AvgIpc) is 2.60. The number of nitro benzene ring substituents is 1. The normalized spacial score (nSPS) is 10.0. The van der Waals surface area contributed by atoms with Crippen LogP contribution in [0.5, 0.6) is 5.75 Å². The molecule has 0 aliphatic rings. The topological polar surface area (TPSA) is 75.9 Å². The van der Waals surface area contributed by atoms with Gasteiger partial charge in [0.05, 0.1) is 12.0 Å². The lowest BCUT2D eigenvalue weighted by Crippen LogP contribution is -2.38. The van der Waals surface area contributed by atoms with Gasteiger partial charge in [-0.25, -0.2) is 4.79 Å². The van der Waals surface area contributed by atoms with E-state index in [0.717, 1.165) is 0 Å². The third-order valence-corrected chi connectivity index (χ3v) is 3.48. The third kappa shape index (κ3) is 3.57. The molecule has 0 radical (unpaired) electrons. The van der Waals surface area contributed by atoms with Crippen LogP contribution >= 0.6 is 0 Å². The van der Waals surface area contributed by atoms with Gasteiger partial charge in [0, 0.05) is 37.6 Å². The summed E-state index contributed by atoms with van der Waals surface area (Å²) in [7, 11) is 4.85. The van der Waals surface area contributed by atoms with Gasteiger partial charge in [-0.2, -0.15) is 0 Å². The van der Waals surface area contributed by atoms with E-state index in [9.17, 15) is 14.9 Å². The largest absolute Gasteiger partial charge is 0.497 e. The molecule has 7 nitrogen and oxygen atoms in total. The summed E-state index contributed by atoms with van der Waals surface area (Å²) in [6.45, 7) is 0. The van der Waals surface area contributed by atoms with Gasteiger partial charge in [0.2, 0.25) is 0 Å². The number of carbonyl (C=O) groups is 1. The van der Waals surface area contributed by atoms with Gasteiger partial charge in [-0.1, -0.05) is 0 Å². The fraction of sp³-hybridized carbons (Fsp3) is 0.188. The predicted octanol–water partition coefficient (Wildman–Crippen LogP) is 3.30. The van der Waals surface area contributed by atoms with Gasteiger partial charge in [-0.3, -0.25) is 19.9 Å². The maximum atomic E-state index is 12.5. The second-order valence-electron chi connectivity index (χ2n) is 4.87. The Kier molecular flexibility index (Phi) is 4.80. The highest BCUT2D eigenvalue weighted by molar-refractivity contribution is 6.02. The number of nitro groups is 1. The summed E-state index contributed by atoms with van der Waals surface area (Å²) in [5, 5.41) is 10.7. The summed E-state index contributed by atoms with van der Waals surface area (Å²) in [6, 6.07) is 12.6. The van der Waals surface area contributed by atoms with Crippen molar-refractivity contribution in [2.24, 2.45) is 0 Å². The van der Waals surface area contributed by atoms with Crippen LogP contribution in [-0.4, -0.2) is 32.2 Å². The van der Waals surface area contributed by atoms with Crippen LogP contribution in [-0.2, 0) is 0 Å². The highest BCUT2D eigenvalue weighted by atomic mass is 16.6. The zero-order valence-electron chi connectivity index (χ0n) is 13.1. The molecule has 2 aromatic carbocycles. The van der Waals surface area contributed by atoms with Crippen molar-refractivity contribution in [1.82, 2.24) is 0 Å². The van der Waals surface area contributed by atoms with Crippen LogP contribution in [0.25, 0.3) is 0 Å². The quantitative estimate of drug-likeness (QED) is 0.641. The molecule has 23 heavy (non-hydrogen) atoms. The van der Waals surface area contributed by atoms with E-state index in [-0.39, 0.29) is 11.7 Å². The van der Waals surface area contributed by atoms with Crippen LogP contribution in [0, 0.1) is 10.1 Å². The van der Waals surface area contributed by atoms with E-state index in [0.29, 0.717) is 17.1 Å². The number of amides is 2. The minimum Gasteiger partial charge on any atom is -0.497 e. The van der Waals surface area contributed by atoms with Gasteiger partial charge in [0.15, 0.2) is 0 Å².